The molecule has 0 radical (unpaired) electrons. The maximum atomic E-state index is 13.0. The van der Waals surface area contributed by atoms with Crippen molar-refractivity contribution in [1.29, 1.82) is 5.26 Å². The molecule has 1 aromatic carbocycles. The van der Waals surface area contributed by atoms with Crippen LogP contribution in [0.3, 0.4) is 0 Å². The fraction of sp³-hybridized carbons (Fsp3) is 0.417. The van der Waals surface area contributed by atoms with Crippen molar-refractivity contribution in [3.05, 3.63) is 35.1 Å². The van der Waals surface area contributed by atoms with Crippen LogP contribution in [0.4, 0.5) is 4.39 Å². The van der Waals surface area contributed by atoms with Gasteiger partial charge in [0.05, 0.1) is 11.6 Å². The fourth-order valence-electron chi connectivity index (χ4n) is 1.34. The smallest absolute Gasteiger partial charge is 0.124 e. The quantitative estimate of drug-likeness (QED) is 0.792. The van der Waals surface area contributed by atoms with Crippen molar-refractivity contribution < 1.29 is 9.50 Å². The Hall–Kier alpha value is -1.44. The van der Waals surface area contributed by atoms with E-state index < -0.39 is 5.82 Å². The number of nitrogens with one attached hydrogen (secondary N) is 1. The molecule has 0 bridgehead atoms. The molecule has 1 aromatic rings. The highest BCUT2D eigenvalue weighted by molar-refractivity contribution is 5.33. The largest absolute Gasteiger partial charge is 0.396 e. The van der Waals surface area contributed by atoms with Gasteiger partial charge in [0.2, 0.25) is 0 Å². The number of nitriles is 1. The van der Waals surface area contributed by atoms with Crippen LogP contribution in [0.2, 0.25) is 0 Å². The molecule has 0 heterocycles. The Kier molecular flexibility index (Phi) is 4.90. The van der Waals surface area contributed by atoms with Crippen LogP contribution in [0.25, 0.3) is 0 Å². The summed E-state index contributed by atoms with van der Waals surface area (Å²) >= 11 is 0. The molecule has 0 aliphatic carbocycles. The van der Waals surface area contributed by atoms with Gasteiger partial charge in [0.25, 0.3) is 0 Å². The molecule has 2 N–H and O–H groups in total. The molecule has 0 spiro atoms. The van der Waals surface area contributed by atoms with Gasteiger partial charge in [0.15, 0.2) is 0 Å². The van der Waals surface area contributed by atoms with E-state index in [0.29, 0.717) is 18.7 Å². The second-order valence-electron chi connectivity index (χ2n) is 3.88. The molecule has 0 aliphatic rings. The molecule has 16 heavy (non-hydrogen) atoms. The number of hydrogen-bond donors (Lipinski definition) is 2. The van der Waals surface area contributed by atoms with Crippen LogP contribution >= 0.6 is 0 Å². The van der Waals surface area contributed by atoms with Crippen LogP contribution < -0.4 is 5.32 Å². The second kappa shape index (κ2) is 6.21. The molecule has 4 heteroatoms. The van der Waals surface area contributed by atoms with E-state index in [1.165, 1.54) is 12.1 Å². The zero-order valence-electron chi connectivity index (χ0n) is 9.20. The summed E-state index contributed by atoms with van der Waals surface area (Å²) in [5, 5.41) is 20.6. The molecule has 0 amide bonds. The molecule has 0 aromatic heterocycles. The lowest BCUT2D eigenvalue weighted by Crippen LogP contribution is -2.22. The number of halogens is 1. The summed E-state index contributed by atoms with van der Waals surface area (Å²) < 4.78 is 13.0. The Morgan fingerprint density at radius 1 is 1.50 bits per heavy atom. The number of hydrogen-bond acceptors (Lipinski definition) is 3. The van der Waals surface area contributed by atoms with Crippen molar-refractivity contribution >= 4 is 0 Å². The Balaban J connectivity index is 2.54. The molecule has 1 rings (SSSR count). The van der Waals surface area contributed by atoms with E-state index in [1.54, 1.807) is 6.07 Å². The van der Waals surface area contributed by atoms with Gasteiger partial charge in [-0.15, -0.1) is 0 Å². The minimum atomic E-state index is -0.397. The van der Waals surface area contributed by atoms with Crippen molar-refractivity contribution in [2.24, 2.45) is 5.92 Å². The Morgan fingerprint density at radius 2 is 2.25 bits per heavy atom. The van der Waals surface area contributed by atoms with Crippen molar-refractivity contribution in [3.8, 4) is 6.07 Å². The van der Waals surface area contributed by atoms with Gasteiger partial charge in [0, 0.05) is 19.7 Å². The third-order valence-corrected chi connectivity index (χ3v) is 2.22. The van der Waals surface area contributed by atoms with E-state index in [4.69, 9.17) is 10.4 Å². The average Bonchev–Trinajstić information content (AvgIpc) is 2.28. The van der Waals surface area contributed by atoms with Crippen molar-refractivity contribution in [2.45, 2.75) is 13.5 Å². The predicted molar refractivity (Wildman–Crippen MR) is 59.1 cm³/mol. The van der Waals surface area contributed by atoms with Crippen LogP contribution in [0, 0.1) is 23.1 Å². The lowest BCUT2D eigenvalue weighted by molar-refractivity contribution is 0.233. The number of rotatable bonds is 5. The first kappa shape index (κ1) is 12.6. The summed E-state index contributed by atoms with van der Waals surface area (Å²) in [4.78, 5) is 0. The summed E-state index contributed by atoms with van der Waals surface area (Å²) in [7, 11) is 0. The molecule has 1 unspecified atom stereocenters. The summed E-state index contributed by atoms with van der Waals surface area (Å²) in [5.41, 5.74) is 1.06. The normalized spacial score (nSPS) is 12.1. The predicted octanol–water partition coefficient (Wildman–Crippen LogP) is 1.42. The van der Waals surface area contributed by atoms with Crippen molar-refractivity contribution in [3.63, 3.8) is 0 Å². The summed E-state index contributed by atoms with van der Waals surface area (Å²) in [6.45, 7) is 3.20. The maximum absolute atomic E-state index is 13.0. The monoisotopic (exact) mass is 222 g/mol. The lowest BCUT2D eigenvalue weighted by Gasteiger charge is -2.09. The molecule has 0 saturated carbocycles. The SMILES string of the molecule is CC(CO)CNCc1cc(F)cc(C#N)c1. The van der Waals surface area contributed by atoms with Crippen LogP contribution in [-0.4, -0.2) is 18.3 Å². The third kappa shape index (κ3) is 3.97. The number of aliphatic hydroxyl groups is 1. The van der Waals surface area contributed by atoms with E-state index in [1.807, 2.05) is 13.0 Å². The van der Waals surface area contributed by atoms with E-state index in [9.17, 15) is 4.39 Å². The molecule has 86 valence electrons. The molecule has 1 atom stereocenters. The fourth-order valence-corrected chi connectivity index (χ4v) is 1.34. The zero-order chi connectivity index (χ0) is 12.0. The average molecular weight is 222 g/mol. The second-order valence-corrected chi connectivity index (χ2v) is 3.88. The minimum absolute atomic E-state index is 0.125. The van der Waals surface area contributed by atoms with Crippen LogP contribution in [0.15, 0.2) is 18.2 Å². The molecule has 0 aliphatic heterocycles. The summed E-state index contributed by atoms with van der Waals surface area (Å²) in [6, 6.07) is 6.17. The van der Waals surface area contributed by atoms with E-state index in [-0.39, 0.29) is 12.5 Å². The number of aliphatic hydroxyl groups excluding tert-OH is 1. The van der Waals surface area contributed by atoms with Gasteiger partial charge < -0.3 is 10.4 Å². The summed E-state index contributed by atoms with van der Waals surface area (Å²) in [6.07, 6.45) is 0. The van der Waals surface area contributed by atoms with Gasteiger partial charge in [-0.05, 0) is 29.7 Å². The van der Waals surface area contributed by atoms with Crippen LogP contribution in [-0.2, 0) is 6.54 Å². The first-order valence-electron chi connectivity index (χ1n) is 5.17. The Labute approximate surface area is 94.5 Å². The third-order valence-electron chi connectivity index (χ3n) is 2.22. The highest BCUT2D eigenvalue weighted by Crippen LogP contribution is 2.08. The van der Waals surface area contributed by atoms with Gasteiger partial charge in [-0.2, -0.15) is 5.26 Å². The van der Waals surface area contributed by atoms with E-state index >= 15 is 0 Å². The molecule has 3 nitrogen and oxygen atoms in total. The topological polar surface area (TPSA) is 56.0 Å². The number of nitrogens with zero attached hydrogens (tertiary/aromatic N) is 1. The number of benzene rings is 1. The first-order valence-corrected chi connectivity index (χ1v) is 5.17. The van der Waals surface area contributed by atoms with Gasteiger partial charge >= 0.3 is 0 Å². The molecule has 0 saturated heterocycles. The van der Waals surface area contributed by atoms with Gasteiger partial charge in [-0.25, -0.2) is 4.39 Å². The summed E-state index contributed by atoms with van der Waals surface area (Å²) in [5.74, 6) is -0.227. The maximum Gasteiger partial charge on any atom is 0.124 e. The van der Waals surface area contributed by atoms with Crippen LogP contribution in [0.5, 0.6) is 0 Å². The molecular weight excluding hydrogens is 207 g/mol. The van der Waals surface area contributed by atoms with Gasteiger partial charge in [-0.1, -0.05) is 6.92 Å². The van der Waals surface area contributed by atoms with E-state index in [0.717, 1.165) is 5.56 Å². The van der Waals surface area contributed by atoms with Crippen molar-refractivity contribution in [2.75, 3.05) is 13.2 Å². The van der Waals surface area contributed by atoms with Crippen molar-refractivity contribution in [1.82, 2.24) is 5.32 Å². The lowest BCUT2D eigenvalue weighted by atomic mass is 10.1. The Morgan fingerprint density at radius 3 is 2.88 bits per heavy atom. The molecular formula is C12H15FN2O. The van der Waals surface area contributed by atoms with Gasteiger partial charge in [0.1, 0.15) is 5.82 Å². The Bertz CT molecular complexity index is 387. The van der Waals surface area contributed by atoms with Gasteiger partial charge in [-0.3, -0.25) is 0 Å². The van der Waals surface area contributed by atoms with Crippen LogP contribution in [0.1, 0.15) is 18.1 Å². The highest BCUT2D eigenvalue weighted by atomic mass is 19.1. The standard InChI is InChI=1S/C12H15FN2O/c1-9(8-16)6-15-7-11-2-10(5-14)3-12(13)4-11/h2-4,9,15-16H,6-8H2,1H3. The molecule has 0 fully saturated rings. The first-order chi connectivity index (χ1) is 7.65. The minimum Gasteiger partial charge on any atom is -0.396 e. The zero-order valence-corrected chi connectivity index (χ0v) is 9.20. The highest BCUT2D eigenvalue weighted by Gasteiger charge is 2.02. The van der Waals surface area contributed by atoms with E-state index in [2.05, 4.69) is 5.32 Å².